The monoisotopic (exact) mass is 466 g/mol. The van der Waals surface area contributed by atoms with Crippen molar-refractivity contribution in [1.29, 1.82) is 0 Å². The molecule has 0 bridgehead atoms. The zero-order valence-electron chi connectivity index (χ0n) is 17.2. The molecule has 0 unspecified atom stereocenters. The molecule has 33 heavy (non-hydrogen) atoms. The predicted molar refractivity (Wildman–Crippen MR) is 127 cm³/mol. The van der Waals surface area contributed by atoms with Gasteiger partial charge in [0.25, 0.3) is 0 Å². The summed E-state index contributed by atoms with van der Waals surface area (Å²) in [6.07, 6.45) is -2.26. The molecule has 0 aliphatic heterocycles. The highest BCUT2D eigenvalue weighted by Crippen LogP contribution is 2.34. The molecule has 0 amide bonds. The number of para-hydroxylation sites is 2. The van der Waals surface area contributed by atoms with E-state index >= 15 is 0 Å². The molecular weight excluding hydrogens is 449 g/mol. The Morgan fingerprint density at radius 2 is 1.36 bits per heavy atom. The van der Waals surface area contributed by atoms with E-state index in [1.54, 1.807) is 0 Å². The number of pyridine rings is 1. The lowest BCUT2D eigenvalue weighted by atomic mass is 10.1. The summed E-state index contributed by atoms with van der Waals surface area (Å²) >= 11 is 5.88. The van der Waals surface area contributed by atoms with Crippen LogP contribution in [0.5, 0.6) is 0 Å². The maximum Gasteiger partial charge on any atom is 0.417 e. The van der Waals surface area contributed by atoms with Crippen molar-refractivity contribution in [3.63, 3.8) is 0 Å². The number of nitrogens with one attached hydrogen (secondary N) is 1. The third kappa shape index (κ3) is 5.51. The number of nitrogens with zero attached hydrogens (tertiary/aromatic N) is 3. The van der Waals surface area contributed by atoms with Crippen LogP contribution < -0.4 is 10.3 Å². The van der Waals surface area contributed by atoms with Gasteiger partial charge in [-0.3, -0.25) is 5.43 Å². The topological polar surface area (TPSA) is 40.5 Å². The Kier molecular flexibility index (Phi) is 6.60. The molecule has 0 atom stereocenters. The van der Waals surface area contributed by atoms with Crippen molar-refractivity contribution >= 4 is 40.7 Å². The molecule has 0 fully saturated rings. The second kappa shape index (κ2) is 9.75. The molecule has 0 saturated heterocycles. The van der Waals surface area contributed by atoms with E-state index in [2.05, 4.69) is 20.4 Å². The van der Waals surface area contributed by atoms with Crippen molar-refractivity contribution in [3.8, 4) is 0 Å². The van der Waals surface area contributed by atoms with Crippen LogP contribution >= 0.6 is 11.6 Å². The first-order chi connectivity index (χ1) is 15.9. The van der Waals surface area contributed by atoms with E-state index in [0.29, 0.717) is 6.20 Å². The molecule has 0 radical (unpaired) electrons. The van der Waals surface area contributed by atoms with E-state index in [4.69, 9.17) is 11.6 Å². The van der Waals surface area contributed by atoms with Crippen molar-refractivity contribution in [2.24, 2.45) is 5.10 Å². The van der Waals surface area contributed by atoms with E-state index in [9.17, 15) is 13.2 Å². The van der Waals surface area contributed by atoms with Gasteiger partial charge >= 0.3 is 6.18 Å². The number of benzene rings is 3. The normalized spacial score (nSPS) is 11.5. The fourth-order valence-corrected chi connectivity index (χ4v) is 3.36. The highest BCUT2D eigenvalue weighted by Gasteiger charge is 2.31. The summed E-state index contributed by atoms with van der Waals surface area (Å²) in [5.41, 5.74) is 5.46. The van der Waals surface area contributed by atoms with E-state index < -0.39 is 11.7 Å². The number of hydrogen-bond acceptors (Lipinski definition) is 4. The maximum atomic E-state index is 12.7. The van der Waals surface area contributed by atoms with E-state index in [-0.39, 0.29) is 10.8 Å². The molecule has 3 aromatic carbocycles. The van der Waals surface area contributed by atoms with Crippen LogP contribution in [0, 0.1) is 0 Å². The Balaban J connectivity index is 1.51. The Bertz CT molecular complexity index is 1190. The number of anilines is 4. The Hall–Kier alpha value is -3.84. The average Bonchev–Trinajstić information content (AvgIpc) is 2.82. The highest BCUT2D eigenvalue weighted by molar-refractivity contribution is 6.33. The lowest BCUT2D eigenvalue weighted by Crippen LogP contribution is -2.09. The first-order valence-corrected chi connectivity index (χ1v) is 10.3. The number of hydrazone groups is 1. The molecule has 0 spiro atoms. The zero-order chi connectivity index (χ0) is 23.3. The summed E-state index contributed by atoms with van der Waals surface area (Å²) in [5, 5.41) is 3.87. The fraction of sp³-hybridized carbons (Fsp3) is 0.0400. The fourth-order valence-electron chi connectivity index (χ4n) is 3.15. The number of aromatic nitrogens is 1. The van der Waals surface area contributed by atoms with E-state index in [1.165, 1.54) is 6.21 Å². The van der Waals surface area contributed by atoms with Crippen molar-refractivity contribution in [3.05, 3.63) is 113 Å². The maximum absolute atomic E-state index is 12.7. The Morgan fingerprint density at radius 3 is 1.88 bits per heavy atom. The SMILES string of the molecule is FC(F)(F)c1cnc(NN=Cc2ccc(N(c3ccccc3)c3ccccc3)cc2)c(Cl)c1. The largest absolute Gasteiger partial charge is 0.417 e. The first kappa shape index (κ1) is 22.4. The summed E-state index contributed by atoms with van der Waals surface area (Å²) in [7, 11) is 0. The summed E-state index contributed by atoms with van der Waals surface area (Å²) in [6.45, 7) is 0. The highest BCUT2D eigenvalue weighted by atomic mass is 35.5. The van der Waals surface area contributed by atoms with E-state index in [1.807, 2.05) is 84.9 Å². The van der Waals surface area contributed by atoms with Gasteiger partial charge in [-0.05, 0) is 48.0 Å². The molecular formula is C25H18ClF3N4. The minimum absolute atomic E-state index is 0.0388. The summed E-state index contributed by atoms with van der Waals surface area (Å²) in [5.74, 6) is 0.0388. The standard InChI is InChI=1S/C25H18ClF3N4/c26-23-15-19(25(27,28)29)17-30-24(23)32-31-16-18-11-13-22(14-12-18)33(20-7-3-1-4-8-20)21-9-5-2-6-10-21/h1-17H,(H,30,32). The second-order valence-electron chi connectivity index (χ2n) is 7.02. The van der Waals surface area contributed by atoms with Crippen LogP contribution in [-0.4, -0.2) is 11.2 Å². The van der Waals surface area contributed by atoms with Crippen LogP contribution in [0.2, 0.25) is 5.02 Å². The molecule has 0 aliphatic carbocycles. The minimum atomic E-state index is -4.51. The average molecular weight is 467 g/mol. The second-order valence-corrected chi connectivity index (χ2v) is 7.43. The molecule has 4 nitrogen and oxygen atoms in total. The van der Waals surface area contributed by atoms with Gasteiger partial charge in [-0.1, -0.05) is 60.1 Å². The molecule has 8 heteroatoms. The van der Waals surface area contributed by atoms with Crippen LogP contribution in [0.15, 0.2) is 102 Å². The zero-order valence-corrected chi connectivity index (χ0v) is 17.9. The molecule has 1 heterocycles. The Labute approximate surface area is 194 Å². The molecule has 1 N–H and O–H groups in total. The van der Waals surface area contributed by atoms with Crippen molar-refractivity contribution in [1.82, 2.24) is 4.98 Å². The quantitative estimate of drug-likeness (QED) is 0.234. The van der Waals surface area contributed by atoms with Crippen molar-refractivity contribution in [2.75, 3.05) is 10.3 Å². The molecule has 0 aliphatic rings. The van der Waals surface area contributed by atoms with Crippen LogP contribution in [0.4, 0.5) is 36.1 Å². The molecule has 4 rings (SSSR count). The van der Waals surface area contributed by atoms with Gasteiger partial charge < -0.3 is 4.90 Å². The van der Waals surface area contributed by atoms with Crippen LogP contribution in [0.25, 0.3) is 0 Å². The summed E-state index contributed by atoms with van der Waals surface area (Å²) in [4.78, 5) is 5.83. The first-order valence-electron chi connectivity index (χ1n) is 9.94. The lowest BCUT2D eigenvalue weighted by molar-refractivity contribution is -0.137. The predicted octanol–water partition coefficient (Wildman–Crippen LogP) is 7.67. The smallest absolute Gasteiger partial charge is 0.311 e. The van der Waals surface area contributed by atoms with Gasteiger partial charge in [0.15, 0.2) is 5.82 Å². The summed E-state index contributed by atoms with van der Waals surface area (Å²) < 4.78 is 38.2. The van der Waals surface area contributed by atoms with Gasteiger partial charge in [0.2, 0.25) is 0 Å². The third-order valence-electron chi connectivity index (χ3n) is 4.73. The minimum Gasteiger partial charge on any atom is -0.311 e. The van der Waals surface area contributed by atoms with E-state index in [0.717, 1.165) is 28.7 Å². The number of alkyl halides is 3. The molecule has 4 aromatic rings. The van der Waals surface area contributed by atoms with Gasteiger partial charge in [0.1, 0.15) is 0 Å². The Morgan fingerprint density at radius 1 is 0.818 bits per heavy atom. The van der Waals surface area contributed by atoms with Gasteiger partial charge in [-0.2, -0.15) is 18.3 Å². The van der Waals surface area contributed by atoms with Crippen LogP contribution in [-0.2, 0) is 6.18 Å². The van der Waals surface area contributed by atoms with Gasteiger partial charge in [0, 0.05) is 23.3 Å². The van der Waals surface area contributed by atoms with Gasteiger partial charge in [-0.25, -0.2) is 4.98 Å². The van der Waals surface area contributed by atoms with Crippen LogP contribution in [0.1, 0.15) is 11.1 Å². The number of rotatable bonds is 6. The van der Waals surface area contributed by atoms with Gasteiger partial charge in [0.05, 0.1) is 16.8 Å². The van der Waals surface area contributed by atoms with Crippen molar-refractivity contribution < 1.29 is 13.2 Å². The van der Waals surface area contributed by atoms with Gasteiger partial charge in [-0.15, -0.1) is 0 Å². The molecule has 0 saturated carbocycles. The number of hydrogen-bond donors (Lipinski definition) is 1. The van der Waals surface area contributed by atoms with Crippen molar-refractivity contribution in [2.45, 2.75) is 6.18 Å². The summed E-state index contributed by atoms with van der Waals surface area (Å²) in [6, 6.07) is 28.5. The van der Waals surface area contributed by atoms with Crippen LogP contribution in [0.3, 0.4) is 0 Å². The molecule has 166 valence electrons. The number of halogens is 4. The third-order valence-corrected chi connectivity index (χ3v) is 5.02. The lowest BCUT2D eigenvalue weighted by Gasteiger charge is -2.25. The molecule has 1 aromatic heterocycles.